The smallest absolute Gasteiger partial charge is 0.317 e. The third-order valence-corrected chi connectivity index (χ3v) is 1.92. The standard InChI is InChI=1S/C9H4ClF3N2O/c10-6-3-5(4-14)1-2-7(6)15-8(16)9(11,12)13/h1-3H,(H,15,16). The fourth-order valence-electron chi connectivity index (χ4n) is 0.879. The van der Waals surface area contributed by atoms with Gasteiger partial charge in [0.05, 0.1) is 22.3 Å². The van der Waals surface area contributed by atoms with E-state index in [2.05, 4.69) is 0 Å². The normalized spacial score (nSPS) is 10.7. The molecule has 1 amide bonds. The molecule has 3 nitrogen and oxygen atoms in total. The highest BCUT2D eigenvalue weighted by Crippen LogP contribution is 2.25. The van der Waals surface area contributed by atoms with Crippen LogP contribution in [0, 0.1) is 11.3 Å². The van der Waals surface area contributed by atoms with Crippen molar-refractivity contribution < 1.29 is 18.0 Å². The molecule has 0 aromatic heterocycles. The van der Waals surface area contributed by atoms with Gasteiger partial charge >= 0.3 is 12.1 Å². The van der Waals surface area contributed by atoms with E-state index in [1.54, 1.807) is 11.4 Å². The van der Waals surface area contributed by atoms with Crippen LogP contribution in [-0.2, 0) is 4.79 Å². The summed E-state index contributed by atoms with van der Waals surface area (Å²) >= 11 is 5.57. The largest absolute Gasteiger partial charge is 0.471 e. The van der Waals surface area contributed by atoms with Crippen molar-refractivity contribution in [2.75, 3.05) is 5.32 Å². The van der Waals surface area contributed by atoms with Crippen LogP contribution in [0.25, 0.3) is 0 Å². The molecule has 84 valence electrons. The first-order chi connectivity index (χ1) is 7.34. The zero-order valence-corrected chi connectivity index (χ0v) is 8.36. The van der Waals surface area contributed by atoms with E-state index >= 15 is 0 Å². The number of rotatable bonds is 1. The zero-order valence-electron chi connectivity index (χ0n) is 7.60. The summed E-state index contributed by atoms with van der Waals surface area (Å²) in [5.74, 6) is -2.11. The van der Waals surface area contributed by atoms with Crippen LogP contribution in [0.4, 0.5) is 18.9 Å². The summed E-state index contributed by atoms with van der Waals surface area (Å²) in [6.45, 7) is 0. The first kappa shape index (κ1) is 12.3. The van der Waals surface area contributed by atoms with E-state index in [0.29, 0.717) is 0 Å². The second-order valence-electron chi connectivity index (χ2n) is 2.76. The fourth-order valence-corrected chi connectivity index (χ4v) is 1.11. The lowest BCUT2D eigenvalue weighted by Crippen LogP contribution is -2.30. The van der Waals surface area contributed by atoms with Crippen molar-refractivity contribution in [1.29, 1.82) is 5.26 Å². The lowest BCUT2D eigenvalue weighted by atomic mass is 10.2. The van der Waals surface area contributed by atoms with Gasteiger partial charge in [0.15, 0.2) is 0 Å². The molecule has 0 heterocycles. The minimum atomic E-state index is -4.97. The summed E-state index contributed by atoms with van der Waals surface area (Å²) in [4.78, 5) is 10.6. The van der Waals surface area contributed by atoms with Crippen LogP contribution in [0.15, 0.2) is 18.2 Å². The Labute approximate surface area is 93.4 Å². The Hall–Kier alpha value is -1.74. The van der Waals surface area contributed by atoms with Crippen molar-refractivity contribution in [1.82, 2.24) is 0 Å². The number of hydrogen-bond donors (Lipinski definition) is 1. The first-order valence-electron chi connectivity index (χ1n) is 3.92. The van der Waals surface area contributed by atoms with Crippen molar-refractivity contribution in [3.05, 3.63) is 28.8 Å². The number of hydrogen-bond acceptors (Lipinski definition) is 2. The molecule has 0 unspecified atom stereocenters. The van der Waals surface area contributed by atoms with Crippen molar-refractivity contribution in [3.63, 3.8) is 0 Å². The van der Waals surface area contributed by atoms with Gasteiger partial charge < -0.3 is 5.32 Å². The van der Waals surface area contributed by atoms with Gasteiger partial charge in [-0.25, -0.2) is 0 Å². The van der Waals surface area contributed by atoms with E-state index in [4.69, 9.17) is 16.9 Å². The molecule has 0 fully saturated rings. The van der Waals surface area contributed by atoms with E-state index in [0.717, 1.165) is 12.1 Å². The van der Waals surface area contributed by atoms with Crippen LogP contribution in [-0.4, -0.2) is 12.1 Å². The quantitative estimate of drug-likeness (QED) is 0.831. The Morgan fingerprint density at radius 3 is 2.50 bits per heavy atom. The van der Waals surface area contributed by atoms with Crippen LogP contribution in [0.5, 0.6) is 0 Å². The van der Waals surface area contributed by atoms with E-state index in [9.17, 15) is 18.0 Å². The van der Waals surface area contributed by atoms with Crippen molar-refractivity contribution in [2.24, 2.45) is 0 Å². The lowest BCUT2D eigenvalue weighted by Gasteiger charge is -2.09. The third kappa shape index (κ3) is 2.87. The topological polar surface area (TPSA) is 52.9 Å². The Morgan fingerprint density at radius 2 is 2.06 bits per heavy atom. The molecule has 0 atom stereocenters. The summed E-state index contributed by atoms with van der Waals surface area (Å²) in [7, 11) is 0. The number of benzene rings is 1. The predicted molar refractivity (Wildman–Crippen MR) is 50.9 cm³/mol. The lowest BCUT2D eigenvalue weighted by molar-refractivity contribution is -0.167. The first-order valence-corrected chi connectivity index (χ1v) is 4.30. The molecule has 1 aromatic carbocycles. The maximum Gasteiger partial charge on any atom is 0.471 e. The number of alkyl halides is 3. The second-order valence-corrected chi connectivity index (χ2v) is 3.17. The molecule has 16 heavy (non-hydrogen) atoms. The maximum atomic E-state index is 11.9. The molecule has 0 aliphatic carbocycles. The van der Waals surface area contributed by atoms with Crippen molar-refractivity contribution in [3.8, 4) is 6.07 Å². The van der Waals surface area contributed by atoms with Gasteiger partial charge in [0.1, 0.15) is 0 Å². The number of amides is 1. The Bertz CT molecular complexity index is 465. The number of carbonyl (C=O) groups excluding carboxylic acids is 1. The number of nitriles is 1. The van der Waals surface area contributed by atoms with Crippen molar-refractivity contribution in [2.45, 2.75) is 6.18 Å². The van der Waals surface area contributed by atoms with Gasteiger partial charge in [0.2, 0.25) is 0 Å². The van der Waals surface area contributed by atoms with Crippen LogP contribution in [0.3, 0.4) is 0 Å². The Kier molecular flexibility index (Phi) is 3.40. The molecule has 1 aromatic rings. The summed E-state index contributed by atoms with van der Waals surface area (Å²) in [6, 6.07) is 5.30. The molecule has 0 spiro atoms. The highest BCUT2D eigenvalue weighted by molar-refractivity contribution is 6.33. The average Bonchev–Trinajstić information content (AvgIpc) is 2.19. The Morgan fingerprint density at radius 1 is 1.44 bits per heavy atom. The number of anilines is 1. The highest BCUT2D eigenvalue weighted by Gasteiger charge is 2.38. The molecule has 1 N–H and O–H groups in total. The van der Waals surface area contributed by atoms with Gasteiger partial charge in [-0.1, -0.05) is 11.6 Å². The number of nitrogens with one attached hydrogen (secondary N) is 1. The number of nitrogens with zero attached hydrogens (tertiary/aromatic N) is 1. The van der Waals surface area contributed by atoms with Crippen LogP contribution < -0.4 is 5.32 Å². The molecular weight excluding hydrogens is 245 g/mol. The molecule has 0 aliphatic rings. The van der Waals surface area contributed by atoms with Gasteiger partial charge in [-0.15, -0.1) is 0 Å². The zero-order chi connectivity index (χ0) is 12.3. The molecule has 1 rings (SSSR count). The van der Waals surface area contributed by atoms with Crippen LogP contribution in [0.1, 0.15) is 5.56 Å². The van der Waals surface area contributed by atoms with Crippen LogP contribution >= 0.6 is 11.6 Å². The maximum absolute atomic E-state index is 11.9. The van der Waals surface area contributed by atoms with E-state index in [1.807, 2.05) is 0 Å². The number of halogens is 4. The highest BCUT2D eigenvalue weighted by atomic mass is 35.5. The molecule has 0 radical (unpaired) electrons. The Balaban J connectivity index is 2.92. The molecular formula is C9H4ClF3N2O. The molecule has 7 heteroatoms. The predicted octanol–water partition coefficient (Wildman–Crippen LogP) is 2.71. The molecule has 0 bridgehead atoms. The summed E-state index contributed by atoms with van der Waals surface area (Å²) in [5.41, 5.74) is -0.00185. The molecule has 0 saturated carbocycles. The average molecular weight is 249 g/mol. The van der Waals surface area contributed by atoms with Gasteiger partial charge in [-0.05, 0) is 18.2 Å². The van der Waals surface area contributed by atoms with E-state index < -0.39 is 12.1 Å². The van der Waals surface area contributed by atoms with Crippen molar-refractivity contribution >= 4 is 23.2 Å². The van der Waals surface area contributed by atoms with Gasteiger partial charge in [0, 0.05) is 0 Å². The molecule has 0 saturated heterocycles. The fraction of sp³-hybridized carbons (Fsp3) is 0.111. The minimum Gasteiger partial charge on any atom is -0.317 e. The van der Waals surface area contributed by atoms with E-state index in [-0.39, 0.29) is 16.3 Å². The summed E-state index contributed by atoms with van der Waals surface area (Å²) < 4.78 is 35.7. The molecule has 0 aliphatic heterocycles. The van der Waals surface area contributed by atoms with Gasteiger partial charge in [-0.3, -0.25) is 4.79 Å². The van der Waals surface area contributed by atoms with E-state index in [1.165, 1.54) is 6.07 Å². The summed E-state index contributed by atoms with van der Waals surface area (Å²) in [5, 5.41) is 9.96. The van der Waals surface area contributed by atoms with Gasteiger partial charge in [0.25, 0.3) is 0 Å². The SMILES string of the molecule is N#Cc1ccc(NC(=O)C(F)(F)F)c(Cl)c1. The van der Waals surface area contributed by atoms with Crippen LogP contribution in [0.2, 0.25) is 5.02 Å². The van der Waals surface area contributed by atoms with Gasteiger partial charge in [-0.2, -0.15) is 18.4 Å². The number of carbonyl (C=O) groups is 1. The summed E-state index contributed by atoms with van der Waals surface area (Å²) in [6.07, 6.45) is -4.97. The minimum absolute atomic E-state index is 0.128. The monoisotopic (exact) mass is 248 g/mol. The third-order valence-electron chi connectivity index (χ3n) is 1.60. The second kappa shape index (κ2) is 4.41.